The molecule has 1 aromatic rings. The molecule has 0 aliphatic heterocycles. The van der Waals surface area contributed by atoms with Crippen molar-refractivity contribution in [1.82, 2.24) is 0 Å². The van der Waals surface area contributed by atoms with Crippen molar-refractivity contribution in [3.63, 3.8) is 0 Å². The second-order valence-electron chi connectivity index (χ2n) is 2.75. The molecule has 1 atom stereocenters. The third-order valence-electron chi connectivity index (χ3n) is 1.78. The maximum atomic E-state index is 13.2. The zero-order valence-electron chi connectivity index (χ0n) is 7.17. The number of rotatable bonds is 2. The maximum Gasteiger partial charge on any atom is 0.132 e. The van der Waals surface area contributed by atoms with Gasteiger partial charge in [0.15, 0.2) is 0 Å². The van der Waals surface area contributed by atoms with Crippen LogP contribution >= 0.6 is 0 Å². The summed E-state index contributed by atoms with van der Waals surface area (Å²) in [5, 5.41) is 17.0. The first-order valence-electron chi connectivity index (χ1n) is 3.85. The summed E-state index contributed by atoms with van der Waals surface area (Å²) in [7, 11) is 0. The van der Waals surface area contributed by atoms with E-state index in [9.17, 15) is 8.78 Å². The summed E-state index contributed by atoms with van der Waals surface area (Å²) in [4.78, 5) is 0. The molecule has 14 heavy (non-hydrogen) atoms. The van der Waals surface area contributed by atoms with Crippen molar-refractivity contribution < 1.29 is 13.9 Å². The molecule has 1 rings (SSSR count). The second-order valence-corrected chi connectivity index (χ2v) is 2.75. The highest BCUT2D eigenvalue weighted by Gasteiger charge is 2.17. The Labute approximate surface area is 79.4 Å². The number of hydrogen-bond acceptors (Lipinski definition) is 3. The van der Waals surface area contributed by atoms with Crippen LogP contribution in [-0.2, 0) is 0 Å². The fourth-order valence-corrected chi connectivity index (χ4v) is 1.09. The van der Waals surface area contributed by atoms with E-state index in [1.807, 2.05) is 0 Å². The summed E-state index contributed by atoms with van der Waals surface area (Å²) in [6.45, 7) is -0.556. The van der Waals surface area contributed by atoms with Gasteiger partial charge in [-0.2, -0.15) is 5.26 Å². The van der Waals surface area contributed by atoms with E-state index in [0.717, 1.165) is 12.1 Å². The minimum absolute atomic E-state index is 0.117. The SMILES string of the molecule is N#Cc1cc(F)c([C@H](N)CO)c(F)c1. The quantitative estimate of drug-likeness (QED) is 0.739. The Hall–Kier alpha value is -1.51. The molecular formula is C9H8F2N2O. The lowest BCUT2D eigenvalue weighted by Gasteiger charge is -2.10. The molecule has 74 valence electrons. The van der Waals surface area contributed by atoms with Crippen LogP contribution in [0.3, 0.4) is 0 Å². The van der Waals surface area contributed by atoms with Gasteiger partial charge in [-0.25, -0.2) is 8.78 Å². The Morgan fingerprint density at radius 3 is 2.29 bits per heavy atom. The van der Waals surface area contributed by atoms with Gasteiger partial charge >= 0.3 is 0 Å². The van der Waals surface area contributed by atoms with Crippen LogP contribution in [0, 0.1) is 23.0 Å². The van der Waals surface area contributed by atoms with E-state index in [4.69, 9.17) is 16.1 Å². The van der Waals surface area contributed by atoms with Gasteiger partial charge in [0.05, 0.1) is 24.3 Å². The molecule has 0 heterocycles. The number of aliphatic hydroxyl groups is 1. The molecule has 0 aromatic heterocycles. The predicted octanol–water partition coefficient (Wildman–Crippen LogP) is 0.829. The van der Waals surface area contributed by atoms with Crippen molar-refractivity contribution in [1.29, 1.82) is 5.26 Å². The van der Waals surface area contributed by atoms with Crippen LogP contribution in [0.2, 0.25) is 0 Å². The van der Waals surface area contributed by atoms with Crippen LogP contribution in [-0.4, -0.2) is 11.7 Å². The van der Waals surface area contributed by atoms with Crippen molar-refractivity contribution in [2.24, 2.45) is 5.73 Å². The Morgan fingerprint density at radius 1 is 1.43 bits per heavy atom. The van der Waals surface area contributed by atoms with Gasteiger partial charge in [-0.05, 0) is 12.1 Å². The maximum absolute atomic E-state index is 13.2. The summed E-state index contributed by atoms with van der Waals surface area (Å²) in [5.74, 6) is -1.83. The van der Waals surface area contributed by atoms with Crippen molar-refractivity contribution in [2.45, 2.75) is 6.04 Å². The average Bonchev–Trinajstić information content (AvgIpc) is 2.16. The van der Waals surface area contributed by atoms with E-state index in [1.54, 1.807) is 6.07 Å². The van der Waals surface area contributed by atoms with Crippen LogP contribution < -0.4 is 5.73 Å². The van der Waals surface area contributed by atoms with E-state index >= 15 is 0 Å². The zero-order valence-corrected chi connectivity index (χ0v) is 7.17. The fraction of sp³-hybridized carbons (Fsp3) is 0.222. The molecule has 3 N–H and O–H groups in total. The van der Waals surface area contributed by atoms with Crippen molar-refractivity contribution in [3.05, 3.63) is 34.9 Å². The van der Waals surface area contributed by atoms with Gasteiger partial charge in [0.25, 0.3) is 0 Å². The minimum Gasteiger partial charge on any atom is -0.394 e. The van der Waals surface area contributed by atoms with Crippen molar-refractivity contribution in [2.75, 3.05) is 6.61 Å². The third kappa shape index (κ3) is 1.87. The number of nitrogens with zero attached hydrogens (tertiary/aromatic N) is 1. The van der Waals surface area contributed by atoms with E-state index in [2.05, 4.69) is 0 Å². The number of nitrogens with two attached hydrogens (primary N) is 1. The van der Waals surface area contributed by atoms with Crippen LogP contribution in [0.4, 0.5) is 8.78 Å². The third-order valence-corrected chi connectivity index (χ3v) is 1.78. The van der Waals surface area contributed by atoms with Crippen LogP contribution in [0.5, 0.6) is 0 Å². The number of benzene rings is 1. The molecule has 0 bridgehead atoms. The summed E-state index contributed by atoms with van der Waals surface area (Å²) in [6.07, 6.45) is 0. The van der Waals surface area contributed by atoms with Crippen molar-refractivity contribution in [3.8, 4) is 6.07 Å². The van der Waals surface area contributed by atoms with Gasteiger partial charge < -0.3 is 10.8 Å². The number of aliphatic hydroxyl groups excluding tert-OH is 1. The van der Waals surface area contributed by atoms with Gasteiger partial charge in [0.1, 0.15) is 11.6 Å². The number of halogens is 2. The molecule has 0 fully saturated rings. The van der Waals surface area contributed by atoms with Gasteiger partial charge in [-0.15, -0.1) is 0 Å². The monoisotopic (exact) mass is 198 g/mol. The van der Waals surface area contributed by atoms with Gasteiger partial charge in [0, 0.05) is 5.56 Å². The number of hydrogen-bond donors (Lipinski definition) is 2. The normalized spacial score (nSPS) is 12.2. The molecule has 0 aliphatic rings. The Kier molecular flexibility index (Phi) is 3.12. The van der Waals surface area contributed by atoms with Gasteiger partial charge in [-0.3, -0.25) is 0 Å². The molecule has 0 unspecified atom stereocenters. The lowest BCUT2D eigenvalue weighted by atomic mass is 10.0. The van der Waals surface area contributed by atoms with E-state index < -0.39 is 29.8 Å². The summed E-state index contributed by atoms with van der Waals surface area (Å²) in [6, 6.07) is 2.27. The smallest absolute Gasteiger partial charge is 0.132 e. The molecule has 5 heteroatoms. The lowest BCUT2D eigenvalue weighted by Crippen LogP contribution is -2.18. The first-order chi connectivity index (χ1) is 6.60. The molecule has 3 nitrogen and oxygen atoms in total. The molecule has 0 aliphatic carbocycles. The molecule has 1 aromatic carbocycles. The highest BCUT2D eigenvalue weighted by Crippen LogP contribution is 2.20. The Balaban J connectivity index is 3.26. The highest BCUT2D eigenvalue weighted by atomic mass is 19.1. The van der Waals surface area contributed by atoms with Gasteiger partial charge in [0.2, 0.25) is 0 Å². The molecule has 0 radical (unpaired) electrons. The van der Waals surface area contributed by atoms with Gasteiger partial charge in [-0.1, -0.05) is 0 Å². The summed E-state index contributed by atoms with van der Waals surface area (Å²) >= 11 is 0. The predicted molar refractivity (Wildman–Crippen MR) is 45.1 cm³/mol. The van der Waals surface area contributed by atoms with Crippen molar-refractivity contribution >= 4 is 0 Å². The molecule has 0 saturated heterocycles. The zero-order chi connectivity index (χ0) is 10.7. The standard InChI is InChI=1S/C9H8F2N2O/c10-6-1-5(3-12)2-7(11)9(6)8(13)4-14/h1-2,8,14H,4,13H2/t8-/m1/s1. The minimum atomic E-state index is -1.11. The molecule has 0 spiro atoms. The topological polar surface area (TPSA) is 70.0 Å². The van der Waals surface area contributed by atoms with Crippen LogP contribution in [0.1, 0.15) is 17.2 Å². The Bertz CT molecular complexity index is 364. The highest BCUT2D eigenvalue weighted by molar-refractivity contribution is 5.35. The first kappa shape index (κ1) is 10.6. The van der Waals surface area contributed by atoms with Crippen LogP contribution in [0.15, 0.2) is 12.1 Å². The second kappa shape index (κ2) is 4.13. The molecular weight excluding hydrogens is 190 g/mol. The number of nitriles is 1. The molecule has 0 saturated carbocycles. The fourth-order valence-electron chi connectivity index (χ4n) is 1.09. The largest absolute Gasteiger partial charge is 0.394 e. The summed E-state index contributed by atoms with van der Waals surface area (Å²) < 4.78 is 26.3. The average molecular weight is 198 g/mol. The summed E-state index contributed by atoms with van der Waals surface area (Å²) in [5.41, 5.74) is 4.76. The van der Waals surface area contributed by atoms with E-state index in [1.165, 1.54) is 0 Å². The molecule has 0 amide bonds. The Morgan fingerprint density at radius 2 is 1.93 bits per heavy atom. The van der Waals surface area contributed by atoms with E-state index in [-0.39, 0.29) is 5.56 Å². The van der Waals surface area contributed by atoms with E-state index in [0.29, 0.717) is 0 Å². The first-order valence-corrected chi connectivity index (χ1v) is 3.85. The van der Waals surface area contributed by atoms with Crippen LogP contribution in [0.25, 0.3) is 0 Å². The lowest BCUT2D eigenvalue weighted by molar-refractivity contribution is 0.262.